The van der Waals surface area contributed by atoms with Crippen molar-refractivity contribution in [1.29, 1.82) is 0 Å². The summed E-state index contributed by atoms with van der Waals surface area (Å²) >= 11 is 5.96. The maximum atomic E-state index is 9.45. The van der Waals surface area contributed by atoms with E-state index < -0.39 is 0 Å². The minimum atomic E-state index is -0.177. The van der Waals surface area contributed by atoms with E-state index in [-0.39, 0.29) is 18.3 Å². The lowest BCUT2D eigenvalue weighted by atomic mass is 10.0. The van der Waals surface area contributed by atoms with Gasteiger partial charge in [-0.25, -0.2) is 0 Å². The van der Waals surface area contributed by atoms with Gasteiger partial charge in [-0.3, -0.25) is 0 Å². The zero-order chi connectivity index (χ0) is 13.3. The third-order valence-electron chi connectivity index (χ3n) is 3.12. The highest BCUT2D eigenvalue weighted by atomic mass is 35.5. The zero-order valence-electron chi connectivity index (χ0n) is 11.1. The molecule has 100 valence electrons. The smallest absolute Gasteiger partial charge is 0.0805 e. The van der Waals surface area contributed by atoms with Crippen LogP contribution < -0.4 is 4.90 Å². The van der Waals surface area contributed by atoms with Crippen LogP contribution in [0.1, 0.15) is 26.3 Å². The van der Waals surface area contributed by atoms with Crippen LogP contribution in [-0.2, 0) is 11.3 Å². The SMILES string of the molecule is CC1CN(c2ccc(Cl)cc2CO)CC(C)(C)O1. The monoisotopic (exact) mass is 269 g/mol. The number of ether oxygens (including phenoxy) is 1. The average Bonchev–Trinajstić information content (AvgIpc) is 2.25. The Morgan fingerprint density at radius 2 is 2.22 bits per heavy atom. The molecule has 4 heteroatoms. The molecule has 1 aliphatic heterocycles. The number of benzene rings is 1. The van der Waals surface area contributed by atoms with E-state index in [2.05, 4.69) is 25.7 Å². The molecule has 0 saturated carbocycles. The largest absolute Gasteiger partial charge is 0.392 e. The molecular formula is C14H20ClNO2. The summed E-state index contributed by atoms with van der Waals surface area (Å²) in [6.07, 6.45) is 0.177. The van der Waals surface area contributed by atoms with Crippen LogP contribution in [0.2, 0.25) is 5.02 Å². The Bertz CT molecular complexity index is 434. The molecular weight excluding hydrogens is 250 g/mol. The number of anilines is 1. The second-order valence-electron chi connectivity index (χ2n) is 5.50. The molecule has 0 amide bonds. The minimum absolute atomic E-state index is 0.00204. The summed E-state index contributed by atoms with van der Waals surface area (Å²) in [4.78, 5) is 2.26. The Kier molecular flexibility index (Phi) is 3.85. The number of aliphatic hydroxyl groups excluding tert-OH is 1. The third-order valence-corrected chi connectivity index (χ3v) is 3.36. The van der Waals surface area contributed by atoms with Crippen LogP contribution in [0.4, 0.5) is 5.69 Å². The van der Waals surface area contributed by atoms with E-state index in [9.17, 15) is 5.11 Å². The number of morpholine rings is 1. The molecule has 1 aromatic rings. The van der Waals surface area contributed by atoms with Crippen molar-refractivity contribution in [3.05, 3.63) is 28.8 Å². The highest BCUT2D eigenvalue weighted by molar-refractivity contribution is 6.30. The van der Waals surface area contributed by atoms with Gasteiger partial charge in [0.05, 0.1) is 18.3 Å². The highest BCUT2D eigenvalue weighted by Gasteiger charge is 2.32. The molecule has 0 aliphatic carbocycles. The van der Waals surface area contributed by atoms with Gasteiger partial charge in [-0.1, -0.05) is 11.6 Å². The lowest BCUT2D eigenvalue weighted by Crippen LogP contribution is -2.52. The first-order chi connectivity index (χ1) is 8.41. The number of halogens is 1. The summed E-state index contributed by atoms with van der Waals surface area (Å²) in [5.41, 5.74) is 1.74. The van der Waals surface area contributed by atoms with Crippen molar-refractivity contribution in [3.63, 3.8) is 0 Å². The number of nitrogens with zero attached hydrogens (tertiary/aromatic N) is 1. The van der Waals surface area contributed by atoms with Crippen molar-refractivity contribution < 1.29 is 9.84 Å². The van der Waals surface area contributed by atoms with Gasteiger partial charge >= 0.3 is 0 Å². The van der Waals surface area contributed by atoms with E-state index in [1.165, 1.54) is 0 Å². The fraction of sp³-hybridized carbons (Fsp3) is 0.571. The van der Waals surface area contributed by atoms with Crippen LogP contribution in [0, 0.1) is 0 Å². The van der Waals surface area contributed by atoms with Gasteiger partial charge < -0.3 is 14.7 Å². The molecule has 1 fully saturated rings. The molecule has 0 bridgehead atoms. The fourth-order valence-corrected chi connectivity index (χ4v) is 2.82. The van der Waals surface area contributed by atoms with Crippen LogP contribution in [-0.4, -0.2) is 29.9 Å². The van der Waals surface area contributed by atoms with Crippen molar-refractivity contribution in [2.45, 2.75) is 39.1 Å². The predicted octanol–water partition coefficient (Wildman–Crippen LogP) is 2.84. The van der Waals surface area contributed by atoms with E-state index in [1.54, 1.807) is 0 Å². The van der Waals surface area contributed by atoms with E-state index in [0.717, 1.165) is 24.3 Å². The molecule has 1 N–H and O–H groups in total. The number of aliphatic hydroxyl groups is 1. The Morgan fingerprint density at radius 1 is 1.50 bits per heavy atom. The quantitative estimate of drug-likeness (QED) is 0.896. The van der Waals surface area contributed by atoms with E-state index in [1.807, 2.05) is 18.2 Å². The number of hydrogen-bond donors (Lipinski definition) is 1. The fourth-order valence-electron chi connectivity index (χ4n) is 2.63. The second kappa shape index (κ2) is 5.08. The Morgan fingerprint density at radius 3 is 2.83 bits per heavy atom. The molecule has 2 rings (SSSR count). The van der Waals surface area contributed by atoms with E-state index in [4.69, 9.17) is 16.3 Å². The molecule has 0 aromatic heterocycles. The lowest BCUT2D eigenvalue weighted by molar-refractivity contribution is -0.0750. The van der Waals surface area contributed by atoms with Gasteiger partial charge in [0.2, 0.25) is 0 Å². The van der Waals surface area contributed by atoms with Crippen molar-refractivity contribution >= 4 is 17.3 Å². The maximum absolute atomic E-state index is 9.45. The molecule has 1 saturated heterocycles. The summed E-state index contributed by atoms with van der Waals surface area (Å²) in [6, 6.07) is 5.66. The topological polar surface area (TPSA) is 32.7 Å². The molecule has 1 unspecified atom stereocenters. The summed E-state index contributed by atoms with van der Waals surface area (Å²) < 4.78 is 5.89. The molecule has 1 aliphatic rings. The standard InChI is InChI=1S/C14H20ClNO2/c1-10-7-16(9-14(2,3)18-10)13-5-4-12(15)6-11(13)8-17/h4-6,10,17H,7-9H2,1-3H3. The first kappa shape index (κ1) is 13.7. The van der Waals surface area contributed by atoms with Gasteiger partial charge in [-0.2, -0.15) is 0 Å². The zero-order valence-corrected chi connectivity index (χ0v) is 11.9. The molecule has 0 radical (unpaired) electrons. The summed E-state index contributed by atoms with van der Waals surface area (Å²) in [6.45, 7) is 7.89. The van der Waals surface area contributed by atoms with Gasteiger partial charge in [0.15, 0.2) is 0 Å². The molecule has 1 heterocycles. The van der Waals surface area contributed by atoms with Crippen molar-refractivity contribution in [1.82, 2.24) is 0 Å². The summed E-state index contributed by atoms with van der Waals surface area (Å²) in [5.74, 6) is 0. The van der Waals surface area contributed by atoms with E-state index in [0.29, 0.717) is 5.02 Å². The predicted molar refractivity (Wildman–Crippen MR) is 74.2 cm³/mol. The summed E-state index contributed by atoms with van der Waals surface area (Å²) in [5, 5.41) is 10.1. The van der Waals surface area contributed by atoms with Crippen LogP contribution in [0.3, 0.4) is 0 Å². The number of hydrogen-bond acceptors (Lipinski definition) is 3. The van der Waals surface area contributed by atoms with Crippen molar-refractivity contribution in [2.75, 3.05) is 18.0 Å². The molecule has 0 spiro atoms. The van der Waals surface area contributed by atoms with Crippen LogP contribution in [0.5, 0.6) is 0 Å². The van der Waals surface area contributed by atoms with Crippen LogP contribution in [0.25, 0.3) is 0 Å². The summed E-state index contributed by atoms with van der Waals surface area (Å²) in [7, 11) is 0. The molecule has 3 nitrogen and oxygen atoms in total. The normalized spacial score (nSPS) is 23.2. The Hall–Kier alpha value is -0.770. The van der Waals surface area contributed by atoms with Gasteiger partial charge in [-0.05, 0) is 39.0 Å². The Labute approximate surface area is 113 Å². The maximum Gasteiger partial charge on any atom is 0.0805 e. The van der Waals surface area contributed by atoms with Crippen LogP contribution in [0.15, 0.2) is 18.2 Å². The Balaban J connectivity index is 2.30. The first-order valence-corrected chi connectivity index (χ1v) is 6.61. The van der Waals surface area contributed by atoms with E-state index >= 15 is 0 Å². The van der Waals surface area contributed by atoms with Gasteiger partial charge in [0, 0.05) is 29.4 Å². The molecule has 1 aromatic carbocycles. The highest BCUT2D eigenvalue weighted by Crippen LogP contribution is 2.30. The van der Waals surface area contributed by atoms with Gasteiger partial charge in [0.25, 0.3) is 0 Å². The second-order valence-corrected chi connectivity index (χ2v) is 5.94. The third kappa shape index (κ3) is 2.97. The first-order valence-electron chi connectivity index (χ1n) is 6.23. The minimum Gasteiger partial charge on any atom is -0.392 e. The van der Waals surface area contributed by atoms with Gasteiger partial charge in [0.1, 0.15) is 0 Å². The van der Waals surface area contributed by atoms with Crippen molar-refractivity contribution in [3.8, 4) is 0 Å². The van der Waals surface area contributed by atoms with Gasteiger partial charge in [-0.15, -0.1) is 0 Å². The number of rotatable bonds is 2. The van der Waals surface area contributed by atoms with Crippen molar-refractivity contribution in [2.24, 2.45) is 0 Å². The molecule has 18 heavy (non-hydrogen) atoms. The van der Waals surface area contributed by atoms with Crippen LogP contribution >= 0.6 is 11.6 Å². The average molecular weight is 270 g/mol. The lowest BCUT2D eigenvalue weighted by Gasteiger charge is -2.43. The molecule has 1 atom stereocenters.